The average molecular weight is 362 g/mol. The summed E-state index contributed by atoms with van der Waals surface area (Å²) in [7, 11) is 0. The van der Waals surface area contributed by atoms with Crippen molar-refractivity contribution in [1.29, 1.82) is 0 Å². The molecule has 1 aromatic heterocycles. The zero-order valence-corrected chi connectivity index (χ0v) is 14.9. The van der Waals surface area contributed by atoms with Crippen molar-refractivity contribution in [2.45, 2.75) is 32.2 Å². The number of aromatic nitrogens is 2. The van der Waals surface area contributed by atoms with Crippen LogP contribution in [0.4, 0.5) is 0 Å². The Bertz CT molecular complexity index is 684. The topological polar surface area (TPSA) is 93.5 Å². The number of piperidine rings is 1. The van der Waals surface area contributed by atoms with Crippen molar-refractivity contribution in [3.05, 3.63) is 28.9 Å². The lowest BCUT2D eigenvalue weighted by Crippen LogP contribution is -2.46. The van der Waals surface area contributed by atoms with Gasteiger partial charge in [-0.1, -0.05) is 0 Å². The van der Waals surface area contributed by atoms with Crippen molar-refractivity contribution in [3.8, 4) is 0 Å². The molecule has 2 fully saturated rings. The normalized spacial score (nSPS) is 21.4. The van der Waals surface area contributed by atoms with Crippen LogP contribution in [0.15, 0.2) is 23.3 Å². The summed E-state index contributed by atoms with van der Waals surface area (Å²) in [4.78, 5) is 41.8. The Labute approximate surface area is 152 Å². The molecule has 1 unspecified atom stereocenters. The van der Waals surface area contributed by atoms with E-state index >= 15 is 0 Å². The standard InChI is InChI=1S/C18H26N4O4/c23-16(13-22-8-2-6-19-18(22)25)21-7-1-3-14(12-21)11-20-17(24)15-4-9-26-10-5-15/h2,6,8,14-15H,1,3-5,7,9-13H2,(H,20,24). The number of hydrogen-bond donors (Lipinski definition) is 1. The van der Waals surface area contributed by atoms with E-state index in [4.69, 9.17) is 4.74 Å². The summed E-state index contributed by atoms with van der Waals surface area (Å²) < 4.78 is 6.61. The summed E-state index contributed by atoms with van der Waals surface area (Å²) >= 11 is 0. The molecule has 2 saturated heterocycles. The predicted octanol–water partition coefficient (Wildman–Crippen LogP) is 0.0247. The van der Waals surface area contributed by atoms with Crippen molar-refractivity contribution >= 4 is 11.8 Å². The van der Waals surface area contributed by atoms with Gasteiger partial charge in [0.05, 0.1) is 0 Å². The van der Waals surface area contributed by atoms with E-state index < -0.39 is 5.69 Å². The van der Waals surface area contributed by atoms with Crippen molar-refractivity contribution in [2.24, 2.45) is 11.8 Å². The van der Waals surface area contributed by atoms with Crippen LogP contribution in [0, 0.1) is 11.8 Å². The van der Waals surface area contributed by atoms with Crippen LogP contribution in [0.2, 0.25) is 0 Å². The van der Waals surface area contributed by atoms with Gasteiger partial charge in [0.1, 0.15) is 6.54 Å². The molecule has 0 spiro atoms. The molecule has 0 saturated carbocycles. The second-order valence-corrected chi connectivity index (χ2v) is 7.01. The highest BCUT2D eigenvalue weighted by molar-refractivity contribution is 5.78. The molecular formula is C18H26N4O4. The highest BCUT2D eigenvalue weighted by atomic mass is 16.5. The molecule has 2 aliphatic heterocycles. The third-order valence-corrected chi connectivity index (χ3v) is 5.12. The fourth-order valence-electron chi connectivity index (χ4n) is 3.56. The molecule has 0 aromatic carbocycles. The molecule has 8 nitrogen and oxygen atoms in total. The summed E-state index contributed by atoms with van der Waals surface area (Å²) in [5.74, 6) is 0.309. The molecule has 2 amide bonds. The molecule has 1 aromatic rings. The minimum Gasteiger partial charge on any atom is -0.381 e. The lowest BCUT2D eigenvalue weighted by Gasteiger charge is -2.33. The molecule has 142 valence electrons. The Hall–Kier alpha value is -2.22. The van der Waals surface area contributed by atoms with E-state index in [9.17, 15) is 14.4 Å². The van der Waals surface area contributed by atoms with Gasteiger partial charge in [-0.25, -0.2) is 9.78 Å². The van der Waals surface area contributed by atoms with Crippen LogP contribution in [0.3, 0.4) is 0 Å². The third-order valence-electron chi connectivity index (χ3n) is 5.12. The van der Waals surface area contributed by atoms with Gasteiger partial charge in [-0.05, 0) is 37.7 Å². The number of likely N-dealkylation sites (tertiary alicyclic amines) is 1. The number of carbonyl (C=O) groups is 2. The van der Waals surface area contributed by atoms with Crippen molar-refractivity contribution in [1.82, 2.24) is 19.8 Å². The zero-order chi connectivity index (χ0) is 18.4. The van der Waals surface area contributed by atoms with E-state index in [-0.39, 0.29) is 30.2 Å². The molecule has 26 heavy (non-hydrogen) atoms. The van der Waals surface area contributed by atoms with E-state index in [1.807, 2.05) is 0 Å². The van der Waals surface area contributed by atoms with Crippen LogP contribution < -0.4 is 11.0 Å². The zero-order valence-electron chi connectivity index (χ0n) is 14.9. The van der Waals surface area contributed by atoms with Crippen LogP contribution in [0.25, 0.3) is 0 Å². The van der Waals surface area contributed by atoms with E-state index in [1.54, 1.807) is 17.2 Å². The number of amides is 2. The maximum Gasteiger partial charge on any atom is 0.347 e. The van der Waals surface area contributed by atoms with Crippen molar-refractivity contribution in [3.63, 3.8) is 0 Å². The highest BCUT2D eigenvalue weighted by Crippen LogP contribution is 2.18. The average Bonchev–Trinajstić information content (AvgIpc) is 2.69. The highest BCUT2D eigenvalue weighted by Gasteiger charge is 2.26. The predicted molar refractivity (Wildman–Crippen MR) is 94.4 cm³/mol. The van der Waals surface area contributed by atoms with Gasteiger partial charge < -0.3 is 15.0 Å². The van der Waals surface area contributed by atoms with E-state index in [1.165, 1.54) is 10.8 Å². The van der Waals surface area contributed by atoms with Gasteiger partial charge >= 0.3 is 5.69 Å². The Morgan fingerprint density at radius 3 is 2.85 bits per heavy atom. The second kappa shape index (κ2) is 8.93. The molecule has 0 aliphatic carbocycles. The first-order valence-electron chi connectivity index (χ1n) is 9.28. The summed E-state index contributed by atoms with van der Waals surface area (Å²) in [5, 5.41) is 3.04. The first kappa shape index (κ1) is 18.6. The molecule has 2 aliphatic rings. The Kier molecular flexibility index (Phi) is 6.38. The fraction of sp³-hybridized carbons (Fsp3) is 0.667. The lowest BCUT2D eigenvalue weighted by molar-refractivity contribution is -0.133. The van der Waals surface area contributed by atoms with Crippen molar-refractivity contribution < 1.29 is 14.3 Å². The van der Waals surface area contributed by atoms with Gasteiger partial charge in [-0.2, -0.15) is 0 Å². The maximum atomic E-state index is 12.5. The van der Waals surface area contributed by atoms with E-state index in [0.717, 1.165) is 25.7 Å². The van der Waals surface area contributed by atoms with Gasteiger partial charge in [0.2, 0.25) is 11.8 Å². The number of hydrogen-bond acceptors (Lipinski definition) is 5. The molecule has 0 radical (unpaired) electrons. The SMILES string of the molecule is O=C(NCC1CCCN(C(=O)Cn2cccnc2=O)C1)C1CCOCC1. The Balaban J connectivity index is 1.47. The number of ether oxygens (including phenoxy) is 1. The number of rotatable bonds is 5. The summed E-state index contributed by atoms with van der Waals surface area (Å²) in [5.41, 5.74) is -0.418. The van der Waals surface area contributed by atoms with Crippen LogP contribution in [0.1, 0.15) is 25.7 Å². The van der Waals surface area contributed by atoms with Crippen LogP contribution in [-0.4, -0.2) is 59.1 Å². The summed E-state index contributed by atoms with van der Waals surface area (Å²) in [6.45, 7) is 3.20. The third kappa shape index (κ3) is 4.91. The molecule has 0 bridgehead atoms. The van der Waals surface area contributed by atoms with Crippen LogP contribution in [-0.2, 0) is 20.9 Å². The van der Waals surface area contributed by atoms with Crippen LogP contribution >= 0.6 is 0 Å². The molecule has 3 heterocycles. The van der Waals surface area contributed by atoms with Gasteiger partial charge in [-0.3, -0.25) is 14.2 Å². The fourth-order valence-corrected chi connectivity index (χ4v) is 3.56. The van der Waals surface area contributed by atoms with Crippen molar-refractivity contribution in [2.75, 3.05) is 32.8 Å². The first-order valence-corrected chi connectivity index (χ1v) is 9.28. The van der Waals surface area contributed by atoms with Gasteiger partial charge in [0.15, 0.2) is 0 Å². The number of carbonyl (C=O) groups excluding carboxylic acids is 2. The molecule has 1 N–H and O–H groups in total. The number of nitrogens with one attached hydrogen (secondary N) is 1. The lowest BCUT2D eigenvalue weighted by atomic mass is 9.96. The Morgan fingerprint density at radius 2 is 2.08 bits per heavy atom. The minimum atomic E-state index is -0.418. The van der Waals surface area contributed by atoms with E-state index in [2.05, 4.69) is 10.3 Å². The minimum absolute atomic E-state index is 0.00776. The first-order chi connectivity index (χ1) is 12.6. The quantitative estimate of drug-likeness (QED) is 0.797. The molecular weight excluding hydrogens is 336 g/mol. The second-order valence-electron chi connectivity index (χ2n) is 7.01. The smallest absolute Gasteiger partial charge is 0.347 e. The summed E-state index contributed by atoms with van der Waals surface area (Å²) in [6, 6.07) is 1.64. The van der Waals surface area contributed by atoms with Crippen LogP contribution in [0.5, 0.6) is 0 Å². The summed E-state index contributed by atoms with van der Waals surface area (Å²) in [6.07, 6.45) is 6.45. The molecule has 8 heteroatoms. The molecule has 1 atom stereocenters. The van der Waals surface area contributed by atoms with Gasteiger partial charge in [0, 0.05) is 51.2 Å². The largest absolute Gasteiger partial charge is 0.381 e. The van der Waals surface area contributed by atoms with E-state index in [0.29, 0.717) is 32.8 Å². The molecule has 3 rings (SSSR count). The van der Waals surface area contributed by atoms with Gasteiger partial charge in [-0.15, -0.1) is 0 Å². The maximum absolute atomic E-state index is 12.5. The van der Waals surface area contributed by atoms with Gasteiger partial charge in [0.25, 0.3) is 0 Å². The monoisotopic (exact) mass is 362 g/mol. The Morgan fingerprint density at radius 1 is 1.27 bits per heavy atom. The number of nitrogens with zero attached hydrogens (tertiary/aromatic N) is 3.